The van der Waals surface area contributed by atoms with Crippen LogP contribution in [0.1, 0.15) is 26.6 Å². The fourth-order valence-corrected chi connectivity index (χ4v) is 5.25. The minimum atomic E-state index is -3.79. The van der Waals surface area contributed by atoms with Crippen LogP contribution in [0.25, 0.3) is 0 Å². The van der Waals surface area contributed by atoms with Gasteiger partial charge >= 0.3 is 0 Å². The third-order valence-electron chi connectivity index (χ3n) is 4.77. The van der Waals surface area contributed by atoms with Crippen LogP contribution >= 0.6 is 11.3 Å². The largest absolute Gasteiger partial charge is 0.438 e. The van der Waals surface area contributed by atoms with Gasteiger partial charge in [0.1, 0.15) is 0 Å². The molecule has 1 N–H and O–H groups in total. The van der Waals surface area contributed by atoms with E-state index in [1.165, 1.54) is 38.9 Å². The Bertz CT molecular complexity index is 1150. The Hall–Kier alpha value is -2.53. The normalized spacial score (nSPS) is 15.2. The molecule has 2 aromatic heterocycles. The molecule has 158 valence electrons. The number of hydrogen-bond acceptors (Lipinski definition) is 7. The number of aryl methyl sites for hydroxylation is 1. The molecule has 0 radical (unpaired) electrons. The minimum Gasteiger partial charge on any atom is -0.438 e. The van der Waals surface area contributed by atoms with E-state index in [0.717, 1.165) is 11.3 Å². The minimum absolute atomic E-state index is 0.0857. The van der Waals surface area contributed by atoms with Crippen molar-refractivity contribution >= 4 is 32.4 Å². The van der Waals surface area contributed by atoms with E-state index in [2.05, 4.69) is 29.4 Å². The molecule has 0 spiro atoms. The molecular formula is C20H21N3O5S2. The molecule has 30 heavy (non-hydrogen) atoms. The Kier molecular flexibility index (Phi) is 6.00. The molecule has 1 saturated heterocycles. The van der Waals surface area contributed by atoms with E-state index < -0.39 is 15.9 Å². The number of benzene rings is 1. The van der Waals surface area contributed by atoms with Gasteiger partial charge < -0.3 is 9.15 Å². The summed E-state index contributed by atoms with van der Waals surface area (Å²) in [5, 5.41) is 2.84. The number of rotatable bonds is 6. The highest BCUT2D eigenvalue weighted by Crippen LogP contribution is 2.24. The number of amides is 1. The van der Waals surface area contributed by atoms with Crippen LogP contribution in [0.15, 0.2) is 52.1 Å². The van der Waals surface area contributed by atoms with Gasteiger partial charge in [-0.1, -0.05) is 24.3 Å². The zero-order valence-corrected chi connectivity index (χ0v) is 18.0. The number of furan rings is 1. The predicted molar refractivity (Wildman–Crippen MR) is 112 cm³/mol. The number of sulfonamides is 1. The zero-order valence-electron chi connectivity index (χ0n) is 16.3. The average molecular weight is 448 g/mol. The van der Waals surface area contributed by atoms with Crippen LogP contribution in [0.5, 0.6) is 0 Å². The van der Waals surface area contributed by atoms with E-state index in [1.807, 2.05) is 12.1 Å². The molecule has 1 aromatic carbocycles. The summed E-state index contributed by atoms with van der Waals surface area (Å²) in [6, 6.07) is 10.8. The second kappa shape index (κ2) is 8.68. The number of morpholine rings is 1. The number of nitrogens with zero attached hydrogens (tertiary/aromatic N) is 2. The van der Waals surface area contributed by atoms with Crippen molar-refractivity contribution in [1.82, 2.24) is 9.29 Å². The Morgan fingerprint density at radius 1 is 1.20 bits per heavy atom. The van der Waals surface area contributed by atoms with Gasteiger partial charge in [-0.15, -0.1) is 11.3 Å². The lowest BCUT2D eigenvalue weighted by Gasteiger charge is -2.24. The van der Waals surface area contributed by atoms with E-state index in [-0.39, 0.29) is 23.9 Å². The highest BCUT2D eigenvalue weighted by atomic mass is 32.2. The molecule has 4 rings (SSSR count). The first kappa shape index (κ1) is 20.7. The summed E-state index contributed by atoms with van der Waals surface area (Å²) >= 11 is 1.37. The van der Waals surface area contributed by atoms with Crippen LogP contribution in [0.3, 0.4) is 0 Å². The van der Waals surface area contributed by atoms with Crippen molar-refractivity contribution < 1.29 is 22.4 Å². The predicted octanol–water partition coefficient (Wildman–Crippen LogP) is 2.91. The van der Waals surface area contributed by atoms with Crippen molar-refractivity contribution in [3.63, 3.8) is 0 Å². The maximum absolute atomic E-state index is 12.6. The summed E-state index contributed by atoms with van der Waals surface area (Å²) in [4.78, 5) is 17.7. The van der Waals surface area contributed by atoms with Crippen molar-refractivity contribution in [3.8, 4) is 0 Å². The Morgan fingerprint density at radius 2 is 1.97 bits per heavy atom. The first-order chi connectivity index (χ1) is 14.4. The van der Waals surface area contributed by atoms with Crippen LogP contribution in [0.4, 0.5) is 5.13 Å². The number of anilines is 1. The summed E-state index contributed by atoms with van der Waals surface area (Å²) in [6.45, 7) is 3.24. The van der Waals surface area contributed by atoms with Crippen molar-refractivity contribution in [1.29, 1.82) is 0 Å². The third-order valence-corrected chi connectivity index (χ3v) is 7.45. The molecule has 10 heteroatoms. The summed E-state index contributed by atoms with van der Waals surface area (Å²) < 4.78 is 37.1. The molecule has 0 bridgehead atoms. The number of ether oxygens (including phenoxy) is 1. The Balaban J connectivity index is 1.43. The fourth-order valence-electron chi connectivity index (χ4n) is 3.10. The average Bonchev–Trinajstić information content (AvgIpc) is 3.41. The zero-order chi connectivity index (χ0) is 21.1. The third kappa shape index (κ3) is 4.46. The molecule has 0 unspecified atom stereocenters. The van der Waals surface area contributed by atoms with Gasteiger partial charge in [-0.3, -0.25) is 10.1 Å². The first-order valence-corrected chi connectivity index (χ1v) is 11.7. The quantitative estimate of drug-likeness (QED) is 0.623. The molecule has 1 aliphatic heterocycles. The highest BCUT2D eigenvalue weighted by Gasteiger charge is 2.30. The van der Waals surface area contributed by atoms with Gasteiger partial charge in [-0.05, 0) is 30.2 Å². The molecular weight excluding hydrogens is 426 g/mol. The standard InChI is InChI=1S/C20H21N3O5S2/c1-14-4-2-3-5-15(14)12-16-13-21-20(29-16)22-19(24)17-6-7-18(28-17)30(25,26)23-8-10-27-11-9-23/h2-7,13H,8-12H2,1H3,(H,21,22,24). The van der Waals surface area contributed by atoms with Crippen molar-refractivity contribution in [3.05, 3.63) is 64.4 Å². The maximum Gasteiger partial charge on any atom is 0.293 e. The first-order valence-electron chi connectivity index (χ1n) is 9.42. The Labute approximate surface area is 178 Å². The second-order valence-corrected chi connectivity index (χ2v) is 9.81. The van der Waals surface area contributed by atoms with Gasteiger partial charge in [0.25, 0.3) is 15.9 Å². The molecule has 0 atom stereocenters. The van der Waals surface area contributed by atoms with E-state index >= 15 is 0 Å². The van der Waals surface area contributed by atoms with Crippen LogP contribution in [-0.2, 0) is 21.2 Å². The van der Waals surface area contributed by atoms with Crippen LogP contribution in [0, 0.1) is 6.92 Å². The van der Waals surface area contributed by atoms with Gasteiger partial charge in [0.2, 0.25) is 5.09 Å². The van der Waals surface area contributed by atoms with Gasteiger partial charge in [-0.25, -0.2) is 13.4 Å². The van der Waals surface area contributed by atoms with Gasteiger partial charge in [0.05, 0.1) is 13.2 Å². The van der Waals surface area contributed by atoms with E-state index in [0.29, 0.717) is 18.3 Å². The molecule has 0 aliphatic carbocycles. The second-order valence-electron chi connectivity index (χ2n) is 6.82. The summed E-state index contributed by atoms with van der Waals surface area (Å²) in [5.74, 6) is -0.632. The van der Waals surface area contributed by atoms with E-state index in [4.69, 9.17) is 9.15 Å². The molecule has 3 heterocycles. The van der Waals surface area contributed by atoms with Crippen molar-refractivity contribution in [2.45, 2.75) is 18.4 Å². The Morgan fingerprint density at radius 3 is 2.73 bits per heavy atom. The number of nitrogens with one attached hydrogen (secondary N) is 1. The van der Waals surface area contributed by atoms with Crippen LogP contribution in [0.2, 0.25) is 0 Å². The number of aromatic nitrogens is 1. The topological polar surface area (TPSA) is 102 Å². The van der Waals surface area contributed by atoms with Crippen LogP contribution in [-0.4, -0.2) is 49.9 Å². The number of carbonyl (C=O) groups is 1. The molecule has 8 nitrogen and oxygen atoms in total. The summed E-state index contributed by atoms with van der Waals surface area (Å²) in [6.07, 6.45) is 2.45. The smallest absolute Gasteiger partial charge is 0.293 e. The molecule has 0 saturated carbocycles. The van der Waals surface area contributed by atoms with Crippen LogP contribution < -0.4 is 5.32 Å². The number of thiazole rings is 1. The molecule has 1 fully saturated rings. The lowest BCUT2D eigenvalue weighted by atomic mass is 10.1. The van der Waals surface area contributed by atoms with E-state index in [9.17, 15) is 13.2 Å². The summed E-state index contributed by atoms with van der Waals surface area (Å²) in [5.41, 5.74) is 2.39. The van der Waals surface area contributed by atoms with E-state index in [1.54, 1.807) is 6.20 Å². The van der Waals surface area contributed by atoms with Crippen molar-refractivity contribution in [2.75, 3.05) is 31.6 Å². The summed E-state index contributed by atoms with van der Waals surface area (Å²) in [7, 11) is -3.79. The van der Waals surface area contributed by atoms with Crippen molar-refractivity contribution in [2.24, 2.45) is 0 Å². The van der Waals surface area contributed by atoms with Gasteiger partial charge in [0, 0.05) is 30.6 Å². The lowest BCUT2D eigenvalue weighted by Crippen LogP contribution is -2.40. The monoisotopic (exact) mass is 447 g/mol. The molecule has 1 amide bonds. The molecule has 3 aromatic rings. The molecule has 1 aliphatic rings. The number of carbonyl (C=O) groups excluding carboxylic acids is 1. The maximum atomic E-state index is 12.6. The highest BCUT2D eigenvalue weighted by molar-refractivity contribution is 7.89. The fraction of sp³-hybridized carbons (Fsp3) is 0.300. The van der Waals surface area contributed by atoms with Gasteiger partial charge in [-0.2, -0.15) is 4.31 Å². The lowest BCUT2D eigenvalue weighted by molar-refractivity contribution is 0.0723. The SMILES string of the molecule is Cc1ccccc1Cc1cnc(NC(=O)c2ccc(S(=O)(=O)N3CCOCC3)o2)s1. The van der Waals surface area contributed by atoms with Gasteiger partial charge in [0.15, 0.2) is 10.9 Å². The number of hydrogen-bond donors (Lipinski definition) is 1.